The molecule has 0 amide bonds. The maximum absolute atomic E-state index is 5.95. The molecular formula is C23H31N3O3S. The van der Waals surface area contributed by atoms with E-state index in [0.717, 1.165) is 48.1 Å². The van der Waals surface area contributed by atoms with Crippen LogP contribution in [0.15, 0.2) is 36.4 Å². The summed E-state index contributed by atoms with van der Waals surface area (Å²) in [6.07, 6.45) is 0.977. The number of benzene rings is 2. The zero-order valence-corrected chi connectivity index (χ0v) is 18.8. The molecule has 162 valence electrons. The Morgan fingerprint density at radius 3 is 2.43 bits per heavy atom. The molecule has 1 saturated heterocycles. The quantitative estimate of drug-likeness (QED) is 0.590. The average Bonchev–Trinajstić information content (AvgIpc) is 2.76. The van der Waals surface area contributed by atoms with Crippen LogP contribution in [0.2, 0.25) is 0 Å². The number of nitrogens with zero attached hydrogens (tertiary/aromatic N) is 1. The summed E-state index contributed by atoms with van der Waals surface area (Å²) in [7, 11) is 0. The van der Waals surface area contributed by atoms with Crippen LogP contribution >= 0.6 is 12.2 Å². The number of rotatable bonds is 8. The number of ether oxygens (including phenoxy) is 3. The SMILES string of the molecule is CCOc1cc(N2CCOCC2)c(OCC)cc1NC(=S)Nc1cccc(CC)c1. The molecule has 0 saturated carbocycles. The first-order valence-corrected chi connectivity index (χ1v) is 11.0. The van der Waals surface area contributed by atoms with Crippen molar-refractivity contribution in [1.82, 2.24) is 0 Å². The molecule has 0 atom stereocenters. The van der Waals surface area contributed by atoms with Crippen LogP contribution in [0.4, 0.5) is 17.1 Å². The maximum Gasteiger partial charge on any atom is 0.175 e. The van der Waals surface area contributed by atoms with Crippen molar-refractivity contribution in [3.05, 3.63) is 42.0 Å². The van der Waals surface area contributed by atoms with Gasteiger partial charge in [0.05, 0.1) is 37.8 Å². The van der Waals surface area contributed by atoms with Crippen molar-refractivity contribution in [3.8, 4) is 11.5 Å². The van der Waals surface area contributed by atoms with E-state index in [0.29, 0.717) is 31.5 Å². The molecule has 7 heteroatoms. The number of hydrogen-bond donors (Lipinski definition) is 2. The van der Waals surface area contributed by atoms with E-state index in [4.69, 9.17) is 26.4 Å². The minimum absolute atomic E-state index is 0.505. The van der Waals surface area contributed by atoms with Crippen LogP contribution in [0.1, 0.15) is 26.3 Å². The van der Waals surface area contributed by atoms with Crippen molar-refractivity contribution in [1.29, 1.82) is 0 Å². The van der Waals surface area contributed by atoms with E-state index in [1.165, 1.54) is 5.56 Å². The molecule has 0 aliphatic carbocycles. The van der Waals surface area contributed by atoms with E-state index in [-0.39, 0.29) is 0 Å². The molecule has 0 aromatic heterocycles. The highest BCUT2D eigenvalue weighted by molar-refractivity contribution is 7.80. The smallest absolute Gasteiger partial charge is 0.175 e. The van der Waals surface area contributed by atoms with Gasteiger partial charge < -0.3 is 29.7 Å². The Kier molecular flexibility index (Phi) is 8.16. The molecule has 1 aliphatic heterocycles. The van der Waals surface area contributed by atoms with Gasteiger partial charge in [-0.25, -0.2) is 0 Å². The number of anilines is 3. The van der Waals surface area contributed by atoms with Crippen LogP contribution in [0.3, 0.4) is 0 Å². The van der Waals surface area contributed by atoms with Crippen molar-refractivity contribution in [3.63, 3.8) is 0 Å². The normalized spacial score (nSPS) is 13.6. The van der Waals surface area contributed by atoms with Crippen molar-refractivity contribution in [2.24, 2.45) is 0 Å². The van der Waals surface area contributed by atoms with Gasteiger partial charge in [-0.15, -0.1) is 0 Å². The van der Waals surface area contributed by atoms with Gasteiger partial charge in [0, 0.05) is 30.9 Å². The summed E-state index contributed by atoms with van der Waals surface area (Å²) in [6.45, 7) is 10.3. The van der Waals surface area contributed by atoms with Gasteiger partial charge in [0.25, 0.3) is 0 Å². The predicted octanol–water partition coefficient (Wildman–Crippen LogP) is 4.69. The van der Waals surface area contributed by atoms with Crippen LogP contribution in [0.25, 0.3) is 0 Å². The molecule has 1 aliphatic rings. The number of nitrogens with one attached hydrogen (secondary N) is 2. The van der Waals surface area contributed by atoms with E-state index in [1.807, 2.05) is 38.1 Å². The zero-order valence-electron chi connectivity index (χ0n) is 18.0. The molecule has 2 aromatic carbocycles. The zero-order chi connectivity index (χ0) is 21.3. The number of morpholine rings is 1. The first kappa shape index (κ1) is 22.2. The highest BCUT2D eigenvalue weighted by atomic mass is 32.1. The second-order valence-electron chi connectivity index (χ2n) is 6.91. The Labute approximate surface area is 184 Å². The van der Waals surface area contributed by atoms with Gasteiger partial charge in [-0.3, -0.25) is 0 Å². The summed E-state index contributed by atoms with van der Waals surface area (Å²) < 4.78 is 17.4. The molecule has 2 aromatic rings. The minimum Gasteiger partial charge on any atom is -0.492 e. The fourth-order valence-electron chi connectivity index (χ4n) is 3.40. The van der Waals surface area contributed by atoms with E-state index in [9.17, 15) is 0 Å². The lowest BCUT2D eigenvalue weighted by Crippen LogP contribution is -2.36. The average molecular weight is 430 g/mol. The summed E-state index contributed by atoms with van der Waals surface area (Å²) in [6, 6.07) is 12.2. The van der Waals surface area contributed by atoms with Crippen LogP contribution in [0.5, 0.6) is 11.5 Å². The molecule has 0 radical (unpaired) electrons. The fraction of sp³-hybridized carbons (Fsp3) is 0.435. The van der Waals surface area contributed by atoms with E-state index in [1.54, 1.807) is 0 Å². The molecule has 1 fully saturated rings. The second kappa shape index (κ2) is 11.0. The van der Waals surface area contributed by atoms with Crippen molar-refractivity contribution in [2.45, 2.75) is 27.2 Å². The van der Waals surface area contributed by atoms with E-state index < -0.39 is 0 Å². The molecule has 0 spiro atoms. The molecule has 0 unspecified atom stereocenters. The van der Waals surface area contributed by atoms with Gasteiger partial charge in [-0.05, 0) is 50.2 Å². The summed E-state index contributed by atoms with van der Waals surface area (Å²) in [5, 5.41) is 7.05. The van der Waals surface area contributed by atoms with E-state index in [2.05, 4.69) is 34.6 Å². The molecule has 6 nitrogen and oxygen atoms in total. The van der Waals surface area contributed by atoms with Crippen LogP contribution in [0, 0.1) is 0 Å². The molecule has 0 bridgehead atoms. The minimum atomic E-state index is 0.505. The summed E-state index contributed by atoms with van der Waals surface area (Å²) in [5.41, 5.74) is 4.01. The van der Waals surface area contributed by atoms with E-state index >= 15 is 0 Å². The second-order valence-corrected chi connectivity index (χ2v) is 7.32. The van der Waals surface area contributed by atoms with Crippen LogP contribution < -0.4 is 25.0 Å². The number of thiocarbonyl (C=S) groups is 1. The Morgan fingerprint density at radius 1 is 1.00 bits per heavy atom. The van der Waals surface area contributed by atoms with Gasteiger partial charge in [-0.1, -0.05) is 19.1 Å². The summed E-state index contributed by atoms with van der Waals surface area (Å²) in [4.78, 5) is 2.27. The Balaban J connectivity index is 1.84. The maximum atomic E-state index is 5.95. The Hall–Kier alpha value is -2.51. The molecule has 1 heterocycles. The number of hydrogen-bond acceptors (Lipinski definition) is 5. The lowest BCUT2D eigenvalue weighted by molar-refractivity contribution is 0.122. The fourth-order valence-corrected chi connectivity index (χ4v) is 3.63. The molecule has 3 rings (SSSR count). The molecule has 30 heavy (non-hydrogen) atoms. The van der Waals surface area contributed by atoms with Crippen molar-refractivity contribution in [2.75, 3.05) is 55.1 Å². The third-order valence-corrected chi connectivity index (χ3v) is 5.06. The van der Waals surface area contributed by atoms with Crippen LogP contribution in [-0.4, -0.2) is 44.6 Å². The van der Waals surface area contributed by atoms with Gasteiger partial charge in [0.15, 0.2) is 5.11 Å². The van der Waals surface area contributed by atoms with Gasteiger partial charge >= 0.3 is 0 Å². The van der Waals surface area contributed by atoms with Crippen molar-refractivity contribution >= 4 is 34.4 Å². The first-order chi connectivity index (χ1) is 14.6. The summed E-state index contributed by atoms with van der Waals surface area (Å²) in [5.74, 6) is 1.55. The Bertz CT molecular complexity index is 854. The van der Waals surface area contributed by atoms with Gasteiger partial charge in [-0.2, -0.15) is 0 Å². The number of aryl methyl sites for hydroxylation is 1. The summed E-state index contributed by atoms with van der Waals surface area (Å²) >= 11 is 5.56. The first-order valence-electron chi connectivity index (χ1n) is 10.6. The standard InChI is InChI=1S/C23H31N3O3S/c1-4-17-8-7-9-18(14-17)24-23(30)25-19-15-22(29-6-3)20(16-21(19)28-5-2)26-10-12-27-13-11-26/h7-9,14-16H,4-6,10-13H2,1-3H3,(H2,24,25,30). The van der Waals surface area contributed by atoms with Crippen molar-refractivity contribution < 1.29 is 14.2 Å². The molecule has 2 N–H and O–H groups in total. The monoisotopic (exact) mass is 429 g/mol. The third-order valence-electron chi connectivity index (χ3n) is 4.85. The largest absolute Gasteiger partial charge is 0.492 e. The highest BCUT2D eigenvalue weighted by Crippen LogP contribution is 2.39. The topological polar surface area (TPSA) is 55.0 Å². The van der Waals surface area contributed by atoms with Crippen LogP contribution in [-0.2, 0) is 11.2 Å². The third kappa shape index (κ3) is 5.77. The lowest BCUT2D eigenvalue weighted by Gasteiger charge is -2.31. The Morgan fingerprint density at radius 2 is 1.73 bits per heavy atom. The van der Waals surface area contributed by atoms with Gasteiger partial charge in [0.1, 0.15) is 11.5 Å². The highest BCUT2D eigenvalue weighted by Gasteiger charge is 2.20. The predicted molar refractivity (Wildman–Crippen MR) is 127 cm³/mol. The molecular weight excluding hydrogens is 398 g/mol. The van der Waals surface area contributed by atoms with Gasteiger partial charge in [0.2, 0.25) is 0 Å². The lowest BCUT2D eigenvalue weighted by atomic mass is 10.1.